The molecule has 1 unspecified atom stereocenters. The van der Waals surface area contributed by atoms with Crippen LogP contribution in [0.25, 0.3) is 0 Å². The van der Waals surface area contributed by atoms with E-state index in [4.69, 9.17) is 18.9 Å². The van der Waals surface area contributed by atoms with Crippen molar-refractivity contribution in [2.24, 2.45) is 50.7 Å². The first-order chi connectivity index (χ1) is 24.5. The highest BCUT2D eigenvalue weighted by atomic mass is 16.8. The third-order valence-corrected chi connectivity index (χ3v) is 16.3. The molecule has 282 valence electrons. The molecule has 1 spiro atoms. The molecule has 1 aromatic carbocycles. The van der Waals surface area contributed by atoms with E-state index >= 15 is 0 Å². The highest BCUT2D eigenvalue weighted by Crippen LogP contribution is 2.89. The van der Waals surface area contributed by atoms with Crippen LogP contribution in [0.1, 0.15) is 91.5 Å². The van der Waals surface area contributed by atoms with Gasteiger partial charge < -0.3 is 34.3 Å². The zero-order chi connectivity index (χ0) is 36.7. The maximum Gasteiger partial charge on any atom is 0.314 e. The van der Waals surface area contributed by atoms with E-state index in [1.807, 2.05) is 0 Å². The van der Waals surface area contributed by atoms with Gasteiger partial charge >= 0.3 is 11.9 Å². The van der Waals surface area contributed by atoms with Crippen molar-refractivity contribution in [3.05, 3.63) is 59.7 Å². The molecule has 3 heterocycles. The normalized spacial score (nSPS) is 51.7. The summed E-state index contributed by atoms with van der Waals surface area (Å²) in [6.45, 7) is 11.0. The number of hydrogen-bond donors (Lipinski definition) is 3. The number of carbonyl (C=O) groups excluding carboxylic acids is 2. The van der Waals surface area contributed by atoms with Crippen LogP contribution in [0.4, 0.5) is 0 Å². The van der Waals surface area contributed by atoms with Gasteiger partial charge in [-0.25, -0.2) is 0 Å². The molecule has 8 aliphatic rings. The van der Waals surface area contributed by atoms with Gasteiger partial charge in [-0.2, -0.15) is 0 Å². The van der Waals surface area contributed by atoms with Gasteiger partial charge in [0.25, 0.3) is 0 Å². The van der Waals surface area contributed by atoms with Gasteiger partial charge in [0, 0.05) is 10.8 Å². The van der Waals surface area contributed by atoms with Crippen molar-refractivity contribution in [3.63, 3.8) is 0 Å². The molecule has 52 heavy (non-hydrogen) atoms. The summed E-state index contributed by atoms with van der Waals surface area (Å²) in [5.74, 6) is -3.13. The van der Waals surface area contributed by atoms with E-state index < -0.39 is 47.6 Å². The number of aliphatic hydroxyl groups is 3. The molecule has 9 rings (SSSR count). The maximum atomic E-state index is 13.8. The van der Waals surface area contributed by atoms with Crippen molar-refractivity contribution in [2.45, 2.75) is 128 Å². The summed E-state index contributed by atoms with van der Waals surface area (Å²) < 4.78 is 24.3. The van der Waals surface area contributed by atoms with Gasteiger partial charge in [0.05, 0.1) is 50.3 Å². The van der Waals surface area contributed by atoms with E-state index in [-0.39, 0.29) is 70.4 Å². The Bertz CT molecular complexity index is 1720. The monoisotopic (exact) mass is 716 g/mol. The largest absolute Gasteiger partial charge is 0.457 e. The van der Waals surface area contributed by atoms with Crippen LogP contribution < -0.4 is 0 Å². The molecule has 9 heteroatoms. The van der Waals surface area contributed by atoms with Gasteiger partial charge in [0.15, 0.2) is 0 Å². The van der Waals surface area contributed by atoms with Crippen LogP contribution in [0.15, 0.2) is 54.1 Å². The fraction of sp³-hybridized carbons (Fsp3) is 0.721. The van der Waals surface area contributed by atoms with Gasteiger partial charge in [0.1, 0.15) is 11.7 Å². The van der Waals surface area contributed by atoms with Crippen LogP contribution in [0.5, 0.6) is 0 Å². The molecule has 0 aromatic heterocycles. The summed E-state index contributed by atoms with van der Waals surface area (Å²) in [7, 11) is 0. The highest BCUT2D eigenvalue weighted by Gasteiger charge is 2.86. The Balaban J connectivity index is 0.973. The minimum Gasteiger partial charge on any atom is -0.457 e. The first kappa shape index (κ1) is 35.2. The minimum absolute atomic E-state index is 0.0191. The second kappa shape index (κ2) is 11.2. The van der Waals surface area contributed by atoms with Crippen LogP contribution in [0.2, 0.25) is 0 Å². The number of carbonyl (C=O) groups is 2. The standard InChI is InChI=1S/C43H56O9/c1-25(44)17-33(46)51-37(2)21-43(50-23-37)35(47)34(36(48)52-43)29-12-16-42-22-41(29,42)15-13-30-38(3)14-11-27-19-28(18-26-9-7-6-8-10-26)49-24-39(27,4)31(38)20-32(45)40(30,42)5/h6-11,13,15,25,28-32,34-35,44-45,47H,12,14,16-24H2,1-5H3/t25?,28-,29+,30-,31-,32-,34-,35-,37-,38-,39+,40+,41-,42-,43+/m1/s1. The molecular weight excluding hydrogens is 660 g/mol. The Hall–Kier alpha value is -2.56. The van der Waals surface area contributed by atoms with Crippen LogP contribution >= 0.6 is 0 Å². The van der Waals surface area contributed by atoms with Gasteiger partial charge in [0.2, 0.25) is 5.79 Å². The van der Waals surface area contributed by atoms with Gasteiger partial charge in [-0.15, -0.1) is 0 Å². The van der Waals surface area contributed by atoms with Crippen molar-refractivity contribution in [3.8, 4) is 0 Å². The molecule has 9 nitrogen and oxygen atoms in total. The number of aliphatic hydroxyl groups excluding tert-OH is 3. The number of rotatable bonds is 6. The Morgan fingerprint density at radius 3 is 2.60 bits per heavy atom. The first-order valence-corrected chi connectivity index (χ1v) is 19.7. The molecule has 3 saturated carbocycles. The number of fused-ring (bicyclic) bond motifs is 5. The average molecular weight is 717 g/mol. The lowest BCUT2D eigenvalue weighted by molar-refractivity contribution is -0.220. The van der Waals surface area contributed by atoms with Crippen LogP contribution in [-0.4, -0.2) is 76.3 Å². The molecule has 0 radical (unpaired) electrons. The number of esters is 2. The summed E-state index contributed by atoms with van der Waals surface area (Å²) in [5.41, 5.74) is 0.600. The minimum atomic E-state index is -1.59. The predicted octanol–water partition coefficient (Wildman–Crippen LogP) is 5.44. The van der Waals surface area contributed by atoms with E-state index in [2.05, 4.69) is 69.3 Å². The molecule has 3 saturated heterocycles. The van der Waals surface area contributed by atoms with Crippen LogP contribution in [0, 0.1) is 50.7 Å². The maximum absolute atomic E-state index is 13.8. The van der Waals surface area contributed by atoms with E-state index in [1.54, 1.807) is 6.92 Å². The van der Waals surface area contributed by atoms with E-state index in [0.717, 1.165) is 44.9 Å². The summed E-state index contributed by atoms with van der Waals surface area (Å²) in [5, 5.41) is 34.1. The van der Waals surface area contributed by atoms with Crippen molar-refractivity contribution >= 4 is 11.9 Å². The fourth-order valence-corrected chi connectivity index (χ4v) is 13.9. The van der Waals surface area contributed by atoms with Crippen LogP contribution in [0.3, 0.4) is 0 Å². The summed E-state index contributed by atoms with van der Waals surface area (Å²) in [6, 6.07) is 10.6. The zero-order valence-corrected chi connectivity index (χ0v) is 31.3. The van der Waals surface area contributed by atoms with E-state index in [0.29, 0.717) is 6.61 Å². The number of benzene rings is 1. The summed E-state index contributed by atoms with van der Waals surface area (Å²) in [6.07, 6.45) is 10.8. The van der Waals surface area contributed by atoms with Crippen molar-refractivity contribution in [1.29, 1.82) is 0 Å². The van der Waals surface area contributed by atoms with Crippen molar-refractivity contribution in [2.75, 3.05) is 13.2 Å². The van der Waals surface area contributed by atoms with E-state index in [1.165, 1.54) is 18.1 Å². The first-order valence-electron chi connectivity index (χ1n) is 19.7. The smallest absolute Gasteiger partial charge is 0.314 e. The second-order valence-corrected chi connectivity index (χ2v) is 19.2. The van der Waals surface area contributed by atoms with Gasteiger partial charge in [-0.1, -0.05) is 74.9 Å². The Morgan fingerprint density at radius 1 is 1.08 bits per heavy atom. The molecule has 3 aliphatic heterocycles. The third-order valence-electron chi connectivity index (χ3n) is 16.3. The highest BCUT2D eigenvalue weighted by molar-refractivity contribution is 5.77. The zero-order valence-electron chi connectivity index (χ0n) is 31.3. The quantitative estimate of drug-likeness (QED) is 0.260. The van der Waals surface area contributed by atoms with E-state index in [9.17, 15) is 24.9 Å². The Labute approximate surface area is 307 Å². The Kier molecular flexibility index (Phi) is 7.61. The molecule has 5 aliphatic carbocycles. The second-order valence-electron chi connectivity index (χ2n) is 19.2. The predicted molar refractivity (Wildman–Crippen MR) is 190 cm³/mol. The number of ether oxygens (including phenoxy) is 4. The fourth-order valence-electron chi connectivity index (χ4n) is 13.9. The number of hydrogen-bond acceptors (Lipinski definition) is 9. The summed E-state index contributed by atoms with van der Waals surface area (Å²) >= 11 is 0. The van der Waals surface area contributed by atoms with Crippen molar-refractivity contribution in [1.82, 2.24) is 0 Å². The third kappa shape index (κ3) is 4.52. The Morgan fingerprint density at radius 2 is 1.85 bits per heavy atom. The van der Waals surface area contributed by atoms with Gasteiger partial charge in [-0.05, 0) is 98.4 Å². The SMILES string of the molecule is CC(O)CC(=O)O[C@@]1(C)CO[C@@]2(C1)OC(=O)[C@H]([C@@H]1CC[C@]34C[C@]13C=C[C@@H]1[C@@]3(C)CC=C5C[C@@H](Cc6ccccc6)OC[C@]5(C)[C@@H]3C[C@@H](O)[C@]14C)[C@H]2O. The molecule has 0 bridgehead atoms. The average Bonchev–Trinajstić information content (AvgIpc) is 3.38. The topological polar surface area (TPSA) is 132 Å². The molecule has 1 aromatic rings. The number of allylic oxidation sites excluding steroid dienone is 3. The lowest BCUT2D eigenvalue weighted by Gasteiger charge is -2.67. The molecule has 3 N–H and O–H groups in total. The van der Waals surface area contributed by atoms with Crippen molar-refractivity contribution < 1.29 is 43.9 Å². The molecule has 6 fully saturated rings. The van der Waals surface area contributed by atoms with Gasteiger partial charge in [-0.3, -0.25) is 9.59 Å². The lowest BCUT2D eigenvalue weighted by atomic mass is 9.38. The molecule has 15 atom stereocenters. The van der Waals surface area contributed by atoms with Crippen LogP contribution in [-0.2, 0) is 35.0 Å². The molecule has 0 amide bonds. The lowest BCUT2D eigenvalue weighted by Crippen LogP contribution is -2.65. The molecular formula is C43H56O9. The summed E-state index contributed by atoms with van der Waals surface area (Å²) in [4.78, 5) is 26.3.